The first-order chi connectivity index (χ1) is 7.86. The van der Waals surface area contributed by atoms with Gasteiger partial charge in [0.25, 0.3) is 0 Å². The third-order valence-electron chi connectivity index (χ3n) is 3.13. The van der Waals surface area contributed by atoms with Crippen LogP contribution in [0.4, 0.5) is 4.39 Å². The Kier molecular flexibility index (Phi) is 4.96. The highest BCUT2D eigenvalue weighted by Crippen LogP contribution is 2.25. The summed E-state index contributed by atoms with van der Waals surface area (Å²) in [4.78, 5) is 0. The van der Waals surface area contributed by atoms with Crippen molar-refractivity contribution in [3.8, 4) is 0 Å². The predicted octanol–water partition coefficient (Wildman–Crippen LogP) is 4.05. The molecular formula is C14H21ClFN. The molecule has 1 rings (SSSR count). The van der Waals surface area contributed by atoms with Crippen LogP contribution in [-0.4, -0.2) is 13.1 Å². The van der Waals surface area contributed by atoms with E-state index >= 15 is 0 Å². The Morgan fingerprint density at radius 1 is 1.35 bits per heavy atom. The van der Waals surface area contributed by atoms with E-state index in [-0.39, 0.29) is 16.3 Å². The third kappa shape index (κ3) is 3.97. The number of benzene rings is 1. The van der Waals surface area contributed by atoms with Gasteiger partial charge in [-0.25, -0.2) is 4.39 Å². The monoisotopic (exact) mass is 257 g/mol. The minimum atomic E-state index is -0.280. The largest absolute Gasteiger partial charge is 0.316 e. The van der Waals surface area contributed by atoms with Crippen LogP contribution < -0.4 is 5.32 Å². The van der Waals surface area contributed by atoms with Crippen molar-refractivity contribution in [1.82, 2.24) is 5.32 Å². The first kappa shape index (κ1) is 14.5. The lowest BCUT2D eigenvalue weighted by Gasteiger charge is -2.30. The topological polar surface area (TPSA) is 12.0 Å². The van der Waals surface area contributed by atoms with Crippen LogP contribution in [-0.2, 0) is 6.42 Å². The minimum Gasteiger partial charge on any atom is -0.316 e. The first-order valence-corrected chi connectivity index (χ1v) is 6.34. The summed E-state index contributed by atoms with van der Waals surface area (Å²) in [5.41, 5.74) is 0.867. The first-order valence-electron chi connectivity index (χ1n) is 5.96. The Morgan fingerprint density at radius 2 is 2.00 bits per heavy atom. The molecule has 0 aliphatic carbocycles. The molecule has 1 aromatic carbocycles. The third-order valence-corrected chi connectivity index (χ3v) is 3.42. The molecule has 1 aromatic rings. The quantitative estimate of drug-likeness (QED) is 0.858. The van der Waals surface area contributed by atoms with Crippen LogP contribution in [0.1, 0.15) is 32.8 Å². The summed E-state index contributed by atoms with van der Waals surface area (Å²) < 4.78 is 13.7. The van der Waals surface area contributed by atoms with Crippen molar-refractivity contribution in [2.45, 2.75) is 39.7 Å². The van der Waals surface area contributed by atoms with E-state index in [1.807, 2.05) is 7.05 Å². The summed E-state index contributed by atoms with van der Waals surface area (Å²) in [6.07, 6.45) is 1.60. The van der Waals surface area contributed by atoms with Gasteiger partial charge in [-0.1, -0.05) is 44.5 Å². The molecule has 0 amide bonds. The van der Waals surface area contributed by atoms with Crippen molar-refractivity contribution in [2.75, 3.05) is 7.05 Å². The maximum absolute atomic E-state index is 13.7. The van der Waals surface area contributed by atoms with Crippen LogP contribution >= 0.6 is 11.6 Å². The van der Waals surface area contributed by atoms with Crippen LogP contribution in [0.3, 0.4) is 0 Å². The van der Waals surface area contributed by atoms with Gasteiger partial charge in [0.05, 0.1) is 5.02 Å². The second-order valence-corrected chi connectivity index (χ2v) is 5.87. The standard InChI is InChI=1S/C14H21ClFN/c1-14(2,3)12(17-4)9-8-10-6-5-7-11(15)13(10)16/h5-7,12,17H,8-9H2,1-4H3. The van der Waals surface area contributed by atoms with Gasteiger partial charge in [0.15, 0.2) is 0 Å². The molecule has 0 radical (unpaired) electrons. The average Bonchev–Trinajstić information content (AvgIpc) is 2.23. The second kappa shape index (κ2) is 5.83. The number of rotatable bonds is 4. The van der Waals surface area contributed by atoms with Gasteiger partial charge in [0.2, 0.25) is 0 Å². The van der Waals surface area contributed by atoms with Crippen molar-refractivity contribution in [3.63, 3.8) is 0 Å². The fraction of sp³-hybridized carbons (Fsp3) is 0.571. The zero-order chi connectivity index (χ0) is 13.1. The summed E-state index contributed by atoms with van der Waals surface area (Å²) in [7, 11) is 1.95. The highest BCUT2D eigenvalue weighted by molar-refractivity contribution is 6.30. The molecule has 0 saturated heterocycles. The highest BCUT2D eigenvalue weighted by Gasteiger charge is 2.22. The molecule has 0 heterocycles. The molecule has 0 bridgehead atoms. The van der Waals surface area contributed by atoms with Crippen molar-refractivity contribution in [1.29, 1.82) is 0 Å². The van der Waals surface area contributed by atoms with Crippen molar-refractivity contribution >= 4 is 11.6 Å². The number of hydrogen-bond donors (Lipinski definition) is 1. The van der Waals surface area contributed by atoms with Crippen molar-refractivity contribution < 1.29 is 4.39 Å². The molecule has 0 aliphatic heterocycles. The molecule has 1 atom stereocenters. The Labute approximate surface area is 108 Å². The van der Waals surface area contributed by atoms with E-state index in [0.717, 1.165) is 6.42 Å². The SMILES string of the molecule is CNC(CCc1cccc(Cl)c1F)C(C)(C)C. The number of nitrogens with one attached hydrogen (secondary N) is 1. The van der Waals surface area contributed by atoms with Crippen LogP contribution in [0.2, 0.25) is 5.02 Å². The van der Waals surface area contributed by atoms with Gasteiger partial charge in [0, 0.05) is 6.04 Å². The van der Waals surface area contributed by atoms with Crippen LogP contribution in [0, 0.1) is 11.2 Å². The van der Waals surface area contributed by atoms with Crippen LogP contribution in [0.5, 0.6) is 0 Å². The molecule has 1 unspecified atom stereocenters. The van der Waals surface area contributed by atoms with Gasteiger partial charge in [0.1, 0.15) is 5.82 Å². The Hall–Kier alpha value is -0.600. The lowest BCUT2D eigenvalue weighted by Crippen LogP contribution is -2.38. The van der Waals surface area contributed by atoms with Crippen LogP contribution in [0.25, 0.3) is 0 Å². The van der Waals surface area contributed by atoms with Crippen molar-refractivity contribution in [3.05, 3.63) is 34.6 Å². The highest BCUT2D eigenvalue weighted by atomic mass is 35.5. The van der Waals surface area contributed by atoms with E-state index in [2.05, 4.69) is 26.1 Å². The molecule has 1 N–H and O–H groups in total. The molecule has 0 spiro atoms. The van der Waals surface area contributed by atoms with E-state index in [1.54, 1.807) is 18.2 Å². The maximum Gasteiger partial charge on any atom is 0.144 e. The van der Waals surface area contributed by atoms with E-state index in [0.29, 0.717) is 18.0 Å². The number of halogens is 2. The van der Waals surface area contributed by atoms with E-state index < -0.39 is 0 Å². The lowest BCUT2D eigenvalue weighted by atomic mass is 9.83. The minimum absolute atomic E-state index is 0.170. The molecule has 0 aliphatic rings. The zero-order valence-corrected chi connectivity index (χ0v) is 11.7. The van der Waals surface area contributed by atoms with Gasteiger partial charge in [-0.05, 0) is 36.9 Å². The fourth-order valence-corrected chi connectivity index (χ4v) is 2.25. The van der Waals surface area contributed by atoms with Gasteiger partial charge in [-0.2, -0.15) is 0 Å². The predicted molar refractivity (Wildman–Crippen MR) is 72.0 cm³/mol. The smallest absolute Gasteiger partial charge is 0.144 e. The molecule has 0 saturated carbocycles. The Balaban J connectivity index is 2.70. The molecule has 1 nitrogen and oxygen atoms in total. The fourth-order valence-electron chi connectivity index (χ4n) is 2.05. The normalized spacial score (nSPS) is 13.8. The Bertz CT molecular complexity index is 371. The molecule has 96 valence electrons. The van der Waals surface area contributed by atoms with Gasteiger partial charge in [-0.15, -0.1) is 0 Å². The maximum atomic E-state index is 13.7. The number of aryl methyl sites for hydroxylation is 1. The van der Waals surface area contributed by atoms with Crippen molar-refractivity contribution in [2.24, 2.45) is 5.41 Å². The number of hydrogen-bond acceptors (Lipinski definition) is 1. The van der Waals surface area contributed by atoms with E-state index in [9.17, 15) is 4.39 Å². The lowest BCUT2D eigenvalue weighted by molar-refractivity contribution is 0.267. The Morgan fingerprint density at radius 3 is 2.53 bits per heavy atom. The van der Waals surface area contributed by atoms with E-state index in [1.165, 1.54) is 0 Å². The molecule has 17 heavy (non-hydrogen) atoms. The molecular weight excluding hydrogens is 237 g/mol. The van der Waals surface area contributed by atoms with Gasteiger partial charge < -0.3 is 5.32 Å². The zero-order valence-electron chi connectivity index (χ0n) is 11.0. The summed E-state index contributed by atoms with van der Waals surface area (Å²) >= 11 is 5.76. The molecule has 0 aromatic heterocycles. The summed E-state index contributed by atoms with van der Waals surface area (Å²) in [5.74, 6) is -0.280. The summed E-state index contributed by atoms with van der Waals surface area (Å²) in [6, 6.07) is 5.54. The average molecular weight is 258 g/mol. The summed E-state index contributed by atoms with van der Waals surface area (Å²) in [6.45, 7) is 6.55. The van der Waals surface area contributed by atoms with Gasteiger partial charge >= 0.3 is 0 Å². The van der Waals surface area contributed by atoms with Crippen LogP contribution in [0.15, 0.2) is 18.2 Å². The second-order valence-electron chi connectivity index (χ2n) is 5.46. The van der Waals surface area contributed by atoms with Gasteiger partial charge in [-0.3, -0.25) is 0 Å². The van der Waals surface area contributed by atoms with E-state index in [4.69, 9.17) is 11.6 Å². The molecule has 0 fully saturated rings. The summed E-state index contributed by atoms with van der Waals surface area (Å²) in [5, 5.41) is 3.50. The molecule has 3 heteroatoms.